The van der Waals surface area contributed by atoms with Crippen LogP contribution in [0.25, 0.3) is 0 Å². The molecule has 0 aromatic carbocycles. The molecule has 0 fully saturated rings. The first-order valence-electron chi connectivity index (χ1n) is 6.32. The zero-order valence-corrected chi connectivity index (χ0v) is 11.6. The van der Waals surface area contributed by atoms with E-state index in [1.54, 1.807) is 13.8 Å². The molecule has 0 saturated carbocycles. The van der Waals surface area contributed by atoms with Crippen molar-refractivity contribution >= 4 is 11.9 Å². The van der Waals surface area contributed by atoms with Crippen LogP contribution in [0.15, 0.2) is 0 Å². The lowest BCUT2D eigenvalue weighted by molar-refractivity contribution is -0.147. The minimum absolute atomic E-state index is 0.0845. The van der Waals surface area contributed by atoms with E-state index in [-0.39, 0.29) is 11.9 Å². The molecule has 0 aliphatic carbocycles. The predicted molar refractivity (Wildman–Crippen MR) is 67.5 cm³/mol. The number of rotatable bonds is 7. The van der Waals surface area contributed by atoms with Gasteiger partial charge in [-0.15, -0.1) is 0 Å². The zero-order valence-electron chi connectivity index (χ0n) is 11.6. The number of hydrogen-bond acceptors (Lipinski definition) is 3. The van der Waals surface area contributed by atoms with Gasteiger partial charge in [-0.2, -0.15) is 0 Å². The molecular formula is C13H25NO3. The quantitative estimate of drug-likeness (QED) is 0.697. The summed E-state index contributed by atoms with van der Waals surface area (Å²) in [5.41, 5.74) is 0. The van der Waals surface area contributed by atoms with E-state index in [1.165, 1.54) is 0 Å². The van der Waals surface area contributed by atoms with Gasteiger partial charge in [0.2, 0.25) is 5.91 Å². The van der Waals surface area contributed by atoms with Crippen molar-refractivity contribution in [2.45, 2.75) is 53.5 Å². The van der Waals surface area contributed by atoms with E-state index in [1.807, 2.05) is 0 Å². The highest BCUT2D eigenvalue weighted by molar-refractivity contribution is 5.84. The van der Waals surface area contributed by atoms with E-state index in [0.29, 0.717) is 24.9 Å². The molecule has 0 spiro atoms. The van der Waals surface area contributed by atoms with E-state index < -0.39 is 6.04 Å². The van der Waals surface area contributed by atoms with Gasteiger partial charge >= 0.3 is 5.97 Å². The smallest absolute Gasteiger partial charge is 0.328 e. The average molecular weight is 243 g/mol. The summed E-state index contributed by atoms with van der Waals surface area (Å²) in [7, 11) is 0. The van der Waals surface area contributed by atoms with Crippen LogP contribution in [0, 0.1) is 11.8 Å². The maximum absolute atomic E-state index is 11.6. The van der Waals surface area contributed by atoms with Gasteiger partial charge in [0.25, 0.3) is 0 Å². The van der Waals surface area contributed by atoms with Crippen LogP contribution in [0.4, 0.5) is 0 Å². The van der Waals surface area contributed by atoms with Crippen molar-refractivity contribution in [3.63, 3.8) is 0 Å². The first-order valence-corrected chi connectivity index (χ1v) is 6.32. The van der Waals surface area contributed by atoms with Gasteiger partial charge in [-0.1, -0.05) is 20.8 Å². The Morgan fingerprint density at radius 1 is 1.18 bits per heavy atom. The molecule has 2 atom stereocenters. The van der Waals surface area contributed by atoms with Crippen molar-refractivity contribution < 1.29 is 14.3 Å². The van der Waals surface area contributed by atoms with Crippen LogP contribution in [0.1, 0.15) is 47.5 Å². The molecule has 0 aromatic rings. The normalized spacial score (nSPS) is 14.2. The van der Waals surface area contributed by atoms with Crippen LogP contribution in [-0.2, 0) is 14.3 Å². The van der Waals surface area contributed by atoms with E-state index in [2.05, 4.69) is 26.1 Å². The summed E-state index contributed by atoms with van der Waals surface area (Å²) in [5.74, 6) is 0.459. The Bertz CT molecular complexity index is 251. The molecule has 0 aromatic heterocycles. The Kier molecular flexibility index (Phi) is 7.59. The van der Waals surface area contributed by atoms with Crippen molar-refractivity contribution in [1.82, 2.24) is 5.32 Å². The first-order chi connectivity index (χ1) is 7.86. The number of ether oxygens (including phenoxy) is 1. The van der Waals surface area contributed by atoms with Crippen molar-refractivity contribution in [3.05, 3.63) is 0 Å². The third-order valence-corrected chi connectivity index (χ3v) is 2.43. The summed E-state index contributed by atoms with van der Waals surface area (Å²) in [6.07, 6.45) is 1.48. The molecule has 0 aliphatic rings. The van der Waals surface area contributed by atoms with Crippen LogP contribution in [0.5, 0.6) is 0 Å². The van der Waals surface area contributed by atoms with E-state index in [0.717, 1.165) is 6.42 Å². The first kappa shape index (κ1) is 15.9. The van der Waals surface area contributed by atoms with Crippen molar-refractivity contribution in [2.24, 2.45) is 11.8 Å². The predicted octanol–water partition coefficient (Wildman–Crippen LogP) is 2.13. The Balaban J connectivity index is 3.96. The molecule has 17 heavy (non-hydrogen) atoms. The highest BCUT2D eigenvalue weighted by Gasteiger charge is 2.18. The Morgan fingerprint density at radius 2 is 1.76 bits per heavy atom. The monoisotopic (exact) mass is 243 g/mol. The summed E-state index contributed by atoms with van der Waals surface area (Å²) in [6.45, 7) is 10.0. The average Bonchev–Trinajstić information content (AvgIpc) is 2.15. The molecule has 0 saturated heterocycles. The zero-order chi connectivity index (χ0) is 13.4. The third-order valence-electron chi connectivity index (χ3n) is 2.43. The lowest BCUT2D eigenvalue weighted by Gasteiger charge is -2.16. The minimum atomic E-state index is -0.561. The van der Waals surface area contributed by atoms with Crippen molar-refractivity contribution in [3.8, 4) is 0 Å². The van der Waals surface area contributed by atoms with Gasteiger partial charge in [-0.25, -0.2) is 4.79 Å². The Hall–Kier alpha value is -1.06. The highest BCUT2D eigenvalue weighted by atomic mass is 16.5. The van der Waals surface area contributed by atoms with E-state index >= 15 is 0 Å². The number of carbonyl (C=O) groups is 2. The standard InChI is InChI=1S/C13H25NO3/c1-6-17-13(16)11(5)14-12(15)8-10(4)7-9(2)3/h9-11H,6-8H2,1-5H3,(H,14,15)/t10-,11+/m0/s1. The summed E-state index contributed by atoms with van der Waals surface area (Å²) in [6, 6.07) is -0.561. The molecule has 1 N–H and O–H groups in total. The molecule has 0 heterocycles. The maximum Gasteiger partial charge on any atom is 0.328 e. The summed E-state index contributed by atoms with van der Waals surface area (Å²) < 4.78 is 4.82. The van der Waals surface area contributed by atoms with E-state index in [9.17, 15) is 9.59 Å². The molecular weight excluding hydrogens is 218 g/mol. The number of amides is 1. The van der Waals surface area contributed by atoms with Gasteiger partial charge < -0.3 is 10.1 Å². The van der Waals surface area contributed by atoms with Crippen LogP contribution in [0.2, 0.25) is 0 Å². The van der Waals surface area contributed by atoms with Crippen LogP contribution in [0.3, 0.4) is 0 Å². The number of esters is 1. The molecule has 0 rings (SSSR count). The van der Waals surface area contributed by atoms with Crippen LogP contribution < -0.4 is 5.32 Å². The summed E-state index contributed by atoms with van der Waals surface area (Å²) >= 11 is 0. The summed E-state index contributed by atoms with van der Waals surface area (Å²) in [4.78, 5) is 22.9. The van der Waals surface area contributed by atoms with Gasteiger partial charge in [0.05, 0.1) is 6.61 Å². The fraction of sp³-hybridized carbons (Fsp3) is 0.846. The number of hydrogen-bond donors (Lipinski definition) is 1. The molecule has 100 valence electrons. The molecule has 0 unspecified atom stereocenters. The number of carbonyl (C=O) groups excluding carboxylic acids is 2. The third kappa shape index (κ3) is 7.77. The van der Waals surface area contributed by atoms with E-state index in [4.69, 9.17) is 4.74 Å². The Morgan fingerprint density at radius 3 is 2.24 bits per heavy atom. The van der Waals surface area contributed by atoms with Crippen LogP contribution in [-0.4, -0.2) is 24.5 Å². The second-order valence-corrected chi connectivity index (χ2v) is 4.98. The molecule has 0 radical (unpaired) electrons. The number of nitrogens with one attached hydrogen (secondary N) is 1. The fourth-order valence-electron chi connectivity index (χ4n) is 1.83. The van der Waals surface area contributed by atoms with Crippen LogP contribution >= 0.6 is 0 Å². The van der Waals surface area contributed by atoms with Gasteiger partial charge in [0.1, 0.15) is 6.04 Å². The van der Waals surface area contributed by atoms with Gasteiger partial charge in [-0.3, -0.25) is 4.79 Å². The van der Waals surface area contributed by atoms with Gasteiger partial charge in [0, 0.05) is 6.42 Å². The second-order valence-electron chi connectivity index (χ2n) is 4.98. The maximum atomic E-state index is 11.6. The molecule has 0 bridgehead atoms. The highest BCUT2D eigenvalue weighted by Crippen LogP contribution is 2.14. The molecule has 0 aliphatic heterocycles. The van der Waals surface area contributed by atoms with Gasteiger partial charge in [-0.05, 0) is 32.1 Å². The fourth-order valence-corrected chi connectivity index (χ4v) is 1.83. The topological polar surface area (TPSA) is 55.4 Å². The lowest BCUT2D eigenvalue weighted by atomic mass is 9.96. The second kappa shape index (κ2) is 8.09. The van der Waals surface area contributed by atoms with Crippen molar-refractivity contribution in [1.29, 1.82) is 0 Å². The van der Waals surface area contributed by atoms with Crippen molar-refractivity contribution in [2.75, 3.05) is 6.61 Å². The largest absolute Gasteiger partial charge is 0.464 e. The minimum Gasteiger partial charge on any atom is -0.464 e. The lowest BCUT2D eigenvalue weighted by Crippen LogP contribution is -2.40. The Labute approximate surface area is 104 Å². The molecule has 4 nitrogen and oxygen atoms in total. The van der Waals surface area contributed by atoms with Gasteiger partial charge in [0.15, 0.2) is 0 Å². The summed E-state index contributed by atoms with van der Waals surface area (Å²) in [5, 5.41) is 2.66. The SMILES string of the molecule is CCOC(=O)[C@@H](C)NC(=O)C[C@@H](C)CC(C)C. The molecule has 4 heteroatoms. The molecule has 1 amide bonds.